The zero-order valence-electron chi connectivity index (χ0n) is 11.9. The SMILES string of the molecule is O=S(=O)(NCCSCc1ccc(Cl)c(Cl)c1)c1ccc(F)cc1. The van der Waals surface area contributed by atoms with Crippen LogP contribution < -0.4 is 4.72 Å². The van der Waals surface area contributed by atoms with Crippen molar-refractivity contribution in [3.8, 4) is 0 Å². The Labute approximate surface area is 149 Å². The van der Waals surface area contributed by atoms with Crippen molar-refractivity contribution in [3.63, 3.8) is 0 Å². The van der Waals surface area contributed by atoms with Gasteiger partial charge in [0, 0.05) is 18.1 Å². The second-order valence-corrected chi connectivity index (χ2v) is 8.34. The Bertz CT molecular complexity index is 768. The van der Waals surface area contributed by atoms with Crippen molar-refractivity contribution in [3.05, 3.63) is 63.9 Å². The van der Waals surface area contributed by atoms with E-state index in [1.165, 1.54) is 12.1 Å². The van der Waals surface area contributed by atoms with Gasteiger partial charge in [0.2, 0.25) is 10.0 Å². The van der Waals surface area contributed by atoms with Crippen LogP contribution in [0.25, 0.3) is 0 Å². The van der Waals surface area contributed by atoms with Crippen LogP contribution in [-0.2, 0) is 15.8 Å². The lowest BCUT2D eigenvalue weighted by Gasteiger charge is -2.07. The molecule has 0 bridgehead atoms. The average molecular weight is 394 g/mol. The van der Waals surface area contributed by atoms with E-state index in [2.05, 4.69) is 4.72 Å². The normalized spacial score (nSPS) is 11.6. The van der Waals surface area contributed by atoms with Crippen molar-refractivity contribution in [2.45, 2.75) is 10.6 Å². The minimum atomic E-state index is -3.60. The van der Waals surface area contributed by atoms with Crippen LogP contribution in [-0.4, -0.2) is 20.7 Å². The Morgan fingerprint density at radius 3 is 2.39 bits per heavy atom. The summed E-state index contributed by atoms with van der Waals surface area (Å²) in [6, 6.07) is 10.1. The van der Waals surface area contributed by atoms with Gasteiger partial charge in [-0.15, -0.1) is 0 Å². The second kappa shape index (κ2) is 8.35. The summed E-state index contributed by atoms with van der Waals surface area (Å²) in [5, 5.41) is 1.01. The summed E-state index contributed by atoms with van der Waals surface area (Å²) >= 11 is 13.3. The van der Waals surface area contributed by atoms with Gasteiger partial charge in [-0.2, -0.15) is 11.8 Å². The van der Waals surface area contributed by atoms with Gasteiger partial charge in [-0.05, 0) is 42.0 Å². The molecule has 0 fully saturated rings. The molecule has 0 spiro atoms. The first-order chi connectivity index (χ1) is 10.9. The highest BCUT2D eigenvalue weighted by molar-refractivity contribution is 7.98. The van der Waals surface area contributed by atoms with Gasteiger partial charge in [0.1, 0.15) is 5.82 Å². The Kier molecular flexibility index (Phi) is 6.73. The van der Waals surface area contributed by atoms with Crippen molar-refractivity contribution in [1.82, 2.24) is 4.72 Å². The molecule has 0 saturated carbocycles. The molecule has 0 saturated heterocycles. The predicted octanol–water partition coefficient (Wildman–Crippen LogP) is 4.34. The van der Waals surface area contributed by atoms with E-state index >= 15 is 0 Å². The minimum Gasteiger partial charge on any atom is -0.210 e. The van der Waals surface area contributed by atoms with Crippen LogP contribution in [0.15, 0.2) is 47.4 Å². The van der Waals surface area contributed by atoms with Crippen LogP contribution in [0.1, 0.15) is 5.56 Å². The highest BCUT2D eigenvalue weighted by Gasteiger charge is 2.12. The molecule has 124 valence electrons. The standard InChI is InChI=1S/C15H14Cl2FNO2S2/c16-14-6-1-11(9-15(14)17)10-22-8-7-19-23(20,21)13-4-2-12(18)3-5-13/h1-6,9,19H,7-8,10H2. The van der Waals surface area contributed by atoms with E-state index in [1.807, 2.05) is 6.07 Å². The van der Waals surface area contributed by atoms with Crippen molar-refractivity contribution >= 4 is 45.0 Å². The van der Waals surface area contributed by atoms with Crippen LogP contribution in [0.4, 0.5) is 4.39 Å². The third-order valence-corrected chi connectivity index (χ3v) is 6.16. The van der Waals surface area contributed by atoms with E-state index in [0.29, 0.717) is 21.6 Å². The molecule has 0 aliphatic carbocycles. The fourth-order valence-corrected chi connectivity index (χ4v) is 4.05. The fraction of sp³-hybridized carbons (Fsp3) is 0.200. The average Bonchev–Trinajstić information content (AvgIpc) is 2.51. The highest BCUT2D eigenvalue weighted by Crippen LogP contribution is 2.24. The number of rotatable bonds is 7. The van der Waals surface area contributed by atoms with E-state index in [-0.39, 0.29) is 11.4 Å². The monoisotopic (exact) mass is 393 g/mol. The molecule has 0 aliphatic heterocycles. The van der Waals surface area contributed by atoms with E-state index in [9.17, 15) is 12.8 Å². The van der Waals surface area contributed by atoms with Crippen LogP contribution in [0.2, 0.25) is 10.0 Å². The number of sulfonamides is 1. The molecule has 0 amide bonds. The molecule has 0 atom stereocenters. The minimum absolute atomic E-state index is 0.0494. The summed E-state index contributed by atoms with van der Waals surface area (Å²) in [6.45, 7) is 0.283. The topological polar surface area (TPSA) is 46.2 Å². The maximum atomic E-state index is 12.8. The third kappa shape index (κ3) is 5.65. The maximum absolute atomic E-state index is 12.8. The van der Waals surface area contributed by atoms with Crippen molar-refractivity contribution in [2.24, 2.45) is 0 Å². The molecule has 8 heteroatoms. The molecule has 2 rings (SSSR count). The van der Waals surface area contributed by atoms with Crippen molar-refractivity contribution < 1.29 is 12.8 Å². The van der Waals surface area contributed by atoms with E-state index in [1.54, 1.807) is 23.9 Å². The van der Waals surface area contributed by atoms with Gasteiger partial charge >= 0.3 is 0 Å². The lowest BCUT2D eigenvalue weighted by atomic mass is 10.2. The van der Waals surface area contributed by atoms with Gasteiger partial charge in [-0.1, -0.05) is 29.3 Å². The van der Waals surface area contributed by atoms with E-state index in [4.69, 9.17) is 23.2 Å². The molecule has 1 N–H and O–H groups in total. The number of nitrogens with one attached hydrogen (secondary N) is 1. The molecular formula is C15H14Cl2FNO2S2. The van der Waals surface area contributed by atoms with Gasteiger partial charge < -0.3 is 0 Å². The van der Waals surface area contributed by atoms with Gasteiger partial charge in [-0.25, -0.2) is 17.5 Å². The summed E-state index contributed by atoms with van der Waals surface area (Å²) in [6.07, 6.45) is 0. The summed E-state index contributed by atoms with van der Waals surface area (Å²) < 4.78 is 39.3. The smallest absolute Gasteiger partial charge is 0.210 e. The zero-order valence-corrected chi connectivity index (χ0v) is 15.1. The van der Waals surface area contributed by atoms with E-state index in [0.717, 1.165) is 17.7 Å². The van der Waals surface area contributed by atoms with Crippen molar-refractivity contribution in [2.75, 3.05) is 12.3 Å². The quantitative estimate of drug-likeness (QED) is 0.711. The molecule has 0 heterocycles. The largest absolute Gasteiger partial charge is 0.240 e. The van der Waals surface area contributed by atoms with Crippen LogP contribution in [0.5, 0.6) is 0 Å². The first-order valence-electron chi connectivity index (χ1n) is 6.65. The maximum Gasteiger partial charge on any atom is 0.240 e. The Balaban J connectivity index is 1.78. The Morgan fingerprint density at radius 1 is 1.04 bits per heavy atom. The van der Waals surface area contributed by atoms with Crippen LogP contribution in [0.3, 0.4) is 0 Å². The molecule has 2 aromatic rings. The lowest BCUT2D eigenvalue weighted by molar-refractivity contribution is 0.583. The van der Waals surface area contributed by atoms with Crippen molar-refractivity contribution in [1.29, 1.82) is 0 Å². The van der Waals surface area contributed by atoms with Gasteiger partial charge in [0.25, 0.3) is 0 Å². The van der Waals surface area contributed by atoms with Crippen LogP contribution in [0, 0.1) is 5.82 Å². The zero-order chi connectivity index (χ0) is 16.9. The number of thioether (sulfide) groups is 1. The molecular weight excluding hydrogens is 380 g/mol. The summed E-state index contributed by atoms with van der Waals surface area (Å²) in [7, 11) is -3.60. The number of hydrogen-bond acceptors (Lipinski definition) is 3. The third-order valence-electron chi connectivity index (χ3n) is 2.92. The lowest BCUT2D eigenvalue weighted by Crippen LogP contribution is -2.26. The molecule has 0 aromatic heterocycles. The molecule has 0 aliphatic rings. The molecule has 0 radical (unpaired) electrons. The molecule has 3 nitrogen and oxygen atoms in total. The summed E-state index contributed by atoms with van der Waals surface area (Å²) in [5.41, 5.74) is 1.02. The van der Waals surface area contributed by atoms with Gasteiger partial charge in [-0.3, -0.25) is 0 Å². The number of halogens is 3. The predicted molar refractivity (Wildman–Crippen MR) is 94.2 cm³/mol. The van der Waals surface area contributed by atoms with Crippen LogP contribution >= 0.6 is 35.0 Å². The summed E-state index contributed by atoms with van der Waals surface area (Å²) in [4.78, 5) is 0.0494. The molecule has 23 heavy (non-hydrogen) atoms. The Hall–Kier alpha value is -0.790. The second-order valence-electron chi connectivity index (χ2n) is 4.65. The first kappa shape index (κ1) is 18.5. The Morgan fingerprint density at radius 2 is 1.74 bits per heavy atom. The van der Waals surface area contributed by atoms with Gasteiger partial charge in [0.15, 0.2) is 0 Å². The number of benzene rings is 2. The van der Waals surface area contributed by atoms with Gasteiger partial charge in [0.05, 0.1) is 14.9 Å². The molecule has 0 unspecified atom stereocenters. The fourth-order valence-electron chi connectivity index (χ4n) is 1.76. The first-order valence-corrected chi connectivity index (χ1v) is 10.0. The number of hydrogen-bond donors (Lipinski definition) is 1. The summed E-state index contributed by atoms with van der Waals surface area (Å²) in [5.74, 6) is 0.830. The van der Waals surface area contributed by atoms with E-state index < -0.39 is 15.8 Å². The highest BCUT2D eigenvalue weighted by atomic mass is 35.5. The molecule has 2 aromatic carbocycles.